The molecule has 5 nitrogen and oxygen atoms in total. The van der Waals surface area contributed by atoms with Crippen LogP contribution >= 0.6 is 15.9 Å². The van der Waals surface area contributed by atoms with Gasteiger partial charge in [-0.3, -0.25) is 9.48 Å². The number of carbonyl (C=O) groups excluding carboxylic acids is 1. The maximum Gasteiger partial charge on any atom is 0.255 e. The minimum absolute atomic E-state index is 0.256. The van der Waals surface area contributed by atoms with Crippen LogP contribution in [0.4, 0.5) is 10.1 Å². The highest BCUT2D eigenvalue weighted by Crippen LogP contribution is 2.25. The van der Waals surface area contributed by atoms with Gasteiger partial charge in [0.1, 0.15) is 18.2 Å². The van der Waals surface area contributed by atoms with Crippen molar-refractivity contribution in [2.24, 2.45) is 0 Å². The van der Waals surface area contributed by atoms with Crippen LogP contribution in [-0.2, 0) is 13.2 Å². The molecule has 3 aromatic carbocycles. The quantitative estimate of drug-likeness (QED) is 0.371. The van der Waals surface area contributed by atoms with Gasteiger partial charge in [-0.1, -0.05) is 42.5 Å². The molecule has 0 saturated carbocycles. The smallest absolute Gasteiger partial charge is 0.255 e. The normalized spacial score (nSPS) is 10.6. The molecule has 0 saturated heterocycles. The fourth-order valence-corrected chi connectivity index (χ4v) is 3.44. The number of anilines is 1. The molecule has 7 heteroatoms. The Morgan fingerprint density at radius 1 is 1.06 bits per heavy atom. The average Bonchev–Trinajstić information content (AvgIpc) is 3.22. The lowest BCUT2D eigenvalue weighted by Gasteiger charge is -2.09. The van der Waals surface area contributed by atoms with Crippen molar-refractivity contribution in [3.63, 3.8) is 0 Å². The number of amides is 1. The van der Waals surface area contributed by atoms with Crippen LogP contribution in [0.2, 0.25) is 0 Å². The number of aromatic nitrogens is 2. The van der Waals surface area contributed by atoms with Crippen LogP contribution in [0.3, 0.4) is 0 Å². The minimum atomic E-state index is -0.287. The molecular weight excluding hydrogens is 461 g/mol. The summed E-state index contributed by atoms with van der Waals surface area (Å²) in [4.78, 5) is 12.7. The van der Waals surface area contributed by atoms with Crippen LogP contribution in [0.1, 0.15) is 21.5 Å². The number of benzene rings is 3. The van der Waals surface area contributed by atoms with Crippen molar-refractivity contribution >= 4 is 27.5 Å². The fourth-order valence-electron chi connectivity index (χ4n) is 3.04. The zero-order valence-electron chi connectivity index (χ0n) is 16.5. The second-order valence-corrected chi connectivity index (χ2v) is 7.75. The predicted molar refractivity (Wildman–Crippen MR) is 121 cm³/mol. The molecule has 0 radical (unpaired) electrons. The molecule has 0 aliphatic carbocycles. The van der Waals surface area contributed by atoms with Crippen molar-refractivity contribution in [1.29, 1.82) is 0 Å². The van der Waals surface area contributed by atoms with Crippen molar-refractivity contribution < 1.29 is 13.9 Å². The average molecular weight is 480 g/mol. The number of rotatable bonds is 7. The standard InChI is InChI=1S/C24H19BrFN3O2/c25-21-9-2-4-11-23(21)31-16-17-6-5-8-18(12-17)24(30)28-20-13-27-29(15-20)14-19-7-1-3-10-22(19)26/h1-13,15H,14,16H2,(H,28,30). The Morgan fingerprint density at radius 3 is 2.71 bits per heavy atom. The van der Waals surface area contributed by atoms with Crippen LogP contribution in [0.15, 0.2) is 89.7 Å². The van der Waals surface area contributed by atoms with E-state index in [1.807, 2.05) is 36.4 Å². The van der Waals surface area contributed by atoms with Gasteiger partial charge in [0.15, 0.2) is 0 Å². The Morgan fingerprint density at radius 2 is 1.87 bits per heavy atom. The summed E-state index contributed by atoms with van der Waals surface area (Å²) in [5.41, 5.74) is 2.45. The fraction of sp³-hybridized carbons (Fsp3) is 0.0833. The number of carbonyl (C=O) groups is 1. The molecule has 0 bridgehead atoms. The summed E-state index contributed by atoms with van der Waals surface area (Å²) >= 11 is 3.45. The van der Waals surface area contributed by atoms with E-state index in [0.717, 1.165) is 15.8 Å². The molecule has 4 aromatic rings. The zero-order chi connectivity index (χ0) is 21.6. The highest BCUT2D eigenvalue weighted by Gasteiger charge is 2.10. The Bertz CT molecular complexity index is 1210. The van der Waals surface area contributed by atoms with Gasteiger partial charge in [-0.2, -0.15) is 5.10 Å². The number of para-hydroxylation sites is 1. The number of ether oxygens (including phenoxy) is 1. The SMILES string of the molecule is O=C(Nc1cnn(Cc2ccccc2F)c1)c1cccc(COc2ccccc2Br)c1. The molecule has 0 aliphatic heterocycles. The van der Waals surface area contributed by atoms with E-state index in [-0.39, 0.29) is 18.3 Å². The van der Waals surface area contributed by atoms with Gasteiger partial charge in [0, 0.05) is 17.3 Å². The lowest BCUT2D eigenvalue weighted by atomic mass is 10.1. The molecule has 156 valence electrons. The van der Waals surface area contributed by atoms with Gasteiger partial charge in [0.2, 0.25) is 0 Å². The van der Waals surface area contributed by atoms with E-state index in [1.54, 1.807) is 47.4 Å². The van der Waals surface area contributed by atoms with Crippen molar-refractivity contribution in [3.8, 4) is 5.75 Å². The van der Waals surface area contributed by atoms with Crippen LogP contribution in [0.25, 0.3) is 0 Å². The molecule has 0 atom stereocenters. The van der Waals surface area contributed by atoms with E-state index in [4.69, 9.17) is 4.74 Å². The van der Waals surface area contributed by atoms with Crippen LogP contribution in [-0.4, -0.2) is 15.7 Å². The molecule has 0 aliphatic rings. The van der Waals surface area contributed by atoms with Crippen molar-refractivity contribution in [3.05, 3.63) is 112 Å². The summed E-state index contributed by atoms with van der Waals surface area (Å²) in [5.74, 6) is 0.193. The van der Waals surface area contributed by atoms with E-state index in [2.05, 4.69) is 26.3 Å². The largest absolute Gasteiger partial charge is 0.488 e. The summed E-state index contributed by atoms with van der Waals surface area (Å²) in [5, 5.41) is 7.02. The van der Waals surface area contributed by atoms with Gasteiger partial charge in [-0.15, -0.1) is 0 Å². The molecule has 0 unspecified atom stereocenters. The maximum absolute atomic E-state index is 13.8. The van der Waals surface area contributed by atoms with E-state index in [1.165, 1.54) is 6.07 Å². The molecule has 1 amide bonds. The topological polar surface area (TPSA) is 56.2 Å². The number of halogens is 2. The number of hydrogen-bond donors (Lipinski definition) is 1. The first kappa shape index (κ1) is 20.8. The summed E-state index contributed by atoms with van der Waals surface area (Å²) in [7, 11) is 0. The van der Waals surface area contributed by atoms with Crippen molar-refractivity contribution in [2.45, 2.75) is 13.2 Å². The number of nitrogens with zero attached hydrogens (tertiary/aromatic N) is 2. The molecule has 1 heterocycles. The van der Waals surface area contributed by atoms with E-state index in [9.17, 15) is 9.18 Å². The van der Waals surface area contributed by atoms with Gasteiger partial charge in [-0.05, 0) is 51.8 Å². The first-order valence-electron chi connectivity index (χ1n) is 9.62. The van der Waals surface area contributed by atoms with E-state index in [0.29, 0.717) is 23.4 Å². The van der Waals surface area contributed by atoms with Crippen LogP contribution < -0.4 is 10.1 Å². The lowest BCUT2D eigenvalue weighted by Crippen LogP contribution is -2.12. The Labute approximate surface area is 187 Å². The van der Waals surface area contributed by atoms with Gasteiger partial charge >= 0.3 is 0 Å². The van der Waals surface area contributed by atoms with E-state index >= 15 is 0 Å². The molecule has 1 aromatic heterocycles. The molecule has 0 spiro atoms. The summed E-state index contributed by atoms with van der Waals surface area (Å²) in [6.07, 6.45) is 3.21. The van der Waals surface area contributed by atoms with Crippen LogP contribution in [0, 0.1) is 5.82 Å². The zero-order valence-corrected chi connectivity index (χ0v) is 18.0. The number of hydrogen-bond acceptors (Lipinski definition) is 3. The monoisotopic (exact) mass is 479 g/mol. The lowest BCUT2D eigenvalue weighted by molar-refractivity contribution is 0.102. The van der Waals surface area contributed by atoms with Gasteiger partial charge in [0.05, 0.1) is 22.9 Å². The maximum atomic E-state index is 13.8. The highest BCUT2D eigenvalue weighted by molar-refractivity contribution is 9.10. The Kier molecular flexibility index (Phi) is 6.43. The van der Waals surface area contributed by atoms with Gasteiger partial charge in [0.25, 0.3) is 5.91 Å². The molecule has 31 heavy (non-hydrogen) atoms. The van der Waals surface area contributed by atoms with E-state index < -0.39 is 0 Å². The first-order chi connectivity index (χ1) is 15.1. The third-order valence-corrected chi connectivity index (χ3v) is 5.26. The summed E-state index contributed by atoms with van der Waals surface area (Å²) < 4.78 is 22.1. The third kappa shape index (κ3) is 5.38. The Hall–Kier alpha value is -3.45. The molecule has 4 rings (SSSR count). The third-order valence-electron chi connectivity index (χ3n) is 4.60. The highest BCUT2D eigenvalue weighted by atomic mass is 79.9. The Balaban J connectivity index is 1.39. The van der Waals surface area contributed by atoms with Crippen LogP contribution in [0.5, 0.6) is 5.75 Å². The summed E-state index contributed by atoms with van der Waals surface area (Å²) in [6.45, 7) is 0.620. The molecule has 1 N–H and O–H groups in total. The van der Waals surface area contributed by atoms with Gasteiger partial charge < -0.3 is 10.1 Å². The second kappa shape index (κ2) is 9.57. The van der Waals surface area contributed by atoms with Gasteiger partial charge in [-0.25, -0.2) is 4.39 Å². The summed E-state index contributed by atoms with van der Waals surface area (Å²) in [6, 6.07) is 21.4. The minimum Gasteiger partial charge on any atom is -0.488 e. The predicted octanol–water partition coefficient (Wildman–Crippen LogP) is 5.66. The second-order valence-electron chi connectivity index (χ2n) is 6.89. The van der Waals surface area contributed by atoms with Crippen molar-refractivity contribution in [1.82, 2.24) is 9.78 Å². The van der Waals surface area contributed by atoms with Crippen molar-refractivity contribution in [2.75, 3.05) is 5.32 Å². The number of nitrogens with one attached hydrogen (secondary N) is 1. The molecule has 0 fully saturated rings. The molecular formula is C24H19BrFN3O2. The first-order valence-corrected chi connectivity index (χ1v) is 10.4.